The van der Waals surface area contributed by atoms with Gasteiger partial charge in [-0.05, 0) is 73.2 Å². The summed E-state index contributed by atoms with van der Waals surface area (Å²) < 4.78 is 45.4. The second-order valence-electron chi connectivity index (χ2n) is 14.3. The van der Waals surface area contributed by atoms with Gasteiger partial charge in [-0.25, -0.2) is 18.2 Å². The van der Waals surface area contributed by atoms with E-state index in [1.54, 1.807) is 30.0 Å². The summed E-state index contributed by atoms with van der Waals surface area (Å²) in [6, 6.07) is 11.4. The van der Waals surface area contributed by atoms with E-state index in [0.29, 0.717) is 72.6 Å². The number of carbonyl (C=O) groups excluding carboxylic acids is 4. The monoisotopic (exact) mass is 747 g/mol. The number of halogens is 1. The number of fused-ring (bicyclic) bond motifs is 2. The van der Waals surface area contributed by atoms with Crippen molar-refractivity contribution < 1.29 is 37.1 Å². The lowest BCUT2D eigenvalue weighted by Crippen LogP contribution is -2.45. The number of aromatic hydroxyl groups is 1. The smallest absolute Gasteiger partial charge is 0.329 e. The van der Waals surface area contributed by atoms with Crippen LogP contribution < -0.4 is 24.9 Å². The zero-order valence-electron chi connectivity index (χ0n) is 28.9. The lowest BCUT2D eigenvalue weighted by atomic mass is 9.87. The Morgan fingerprint density at radius 1 is 0.887 bits per heavy atom. The standard InChI is InChI=1S/C36H38FN7O8S/c1-40-28-18-24(3-5-26(28)44(36(40)50)27-6-7-30(46)38-34(27)48)41-12-10-21(11-13-41)35(49)42-14-8-20(9-15-42)22-2-4-25-23(16-22)17-29(45)33(32(25)37)43-19-31(47)39-53(43,51)52/h2-5,16-18,20-21,27,45H,6-15,19H2,1H3,(H,39,47)(H,38,46,48). The molecule has 1 atom stereocenters. The molecule has 15 nitrogen and oxygen atoms in total. The van der Waals surface area contributed by atoms with Crippen LogP contribution in [0.2, 0.25) is 0 Å². The highest BCUT2D eigenvalue weighted by atomic mass is 32.2. The summed E-state index contributed by atoms with van der Waals surface area (Å²) in [5.41, 5.74) is 2.27. The number of aromatic nitrogens is 2. The molecule has 4 amide bonds. The molecule has 53 heavy (non-hydrogen) atoms. The van der Waals surface area contributed by atoms with Crippen LogP contribution in [-0.4, -0.2) is 83.9 Å². The summed E-state index contributed by atoms with van der Waals surface area (Å²) in [6.45, 7) is 1.85. The maximum Gasteiger partial charge on any atom is 0.329 e. The molecule has 0 aliphatic carbocycles. The van der Waals surface area contributed by atoms with Crippen molar-refractivity contribution in [3.8, 4) is 5.75 Å². The van der Waals surface area contributed by atoms with Crippen molar-refractivity contribution in [3.05, 3.63) is 64.3 Å². The van der Waals surface area contributed by atoms with Gasteiger partial charge in [0.05, 0.1) is 11.0 Å². The van der Waals surface area contributed by atoms with Gasteiger partial charge in [-0.1, -0.05) is 18.2 Å². The molecule has 4 fully saturated rings. The Morgan fingerprint density at radius 3 is 2.30 bits per heavy atom. The summed E-state index contributed by atoms with van der Waals surface area (Å²) in [7, 11) is -2.64. The first kappa shape index (κ1) is 34.6. The number of nitrogens with one attached hydrogen (secondary N) is 2. The molecule has 4 aromatic rings. The number of aryl methyl sites for hydroxylation is 1. The van der Waals surface area contributed by atoms with E-state index >= 15 is 4.39 Å². The van der Waals surface area contributed by atoms with E-state index in [4.69, 9.17) is 0 Å². The van der Waals surface area contributed by atoms with Crippen LogP contribution in [0.25, 0.3) is 21.8 Å². The Labute approximate surface area is 303 Å². The minimum Gasteiger partial charge on any atom is -0.506 e. The van der Waals surface area contributed by atoms with Gasteiger partial charge in [0.25, 0.3) is 5.91 Å². The first-order valence-corrected chi connectivity index (χ1v) is 19.1. The van der Waals surface area contributed by atoms with Crippen LogP contribution in [-0.2, 0) is 36.4 Å². The molecule has 0 bridgehead atoms. The zero-order valence-corrected chi connectivity index (χ0v) is 29.7. The van der Waals surface area contributed by atoms with Gasteiger partial charge in [0.1, 0.15) is 24.0 Å². The highest BCUT2D eigenvalue weighted by molar-refractivity contribution is 7.92. The van der Waals surface area contributed by atoms with Crippen molar-refractivity contribution in [2.45, 2.75) is 50.5 Å². The molecule has 17 heteroatoms. The Kier molecular flexibility index (Phi) is 8.42. The van der Waals surface area contributed by atoms with Crippen LogP contribution in [0.15, 0.2) is 47.3 Å². The second kappa shape index (κ2) is 12.9. The number of amides is 4. The fourth-order valence-electron chi connectivity index (χ4n) is 8.35. The Bertz CT molecular complexity index is 2390. The molecule has 1 unspecified atom stereocenters. The number of hydrogen-bond donors (Lipinski definition) is 3. The van der Waals surface area contributed by atoms with E-state index in [0.717, 1.165) is 11.3 Å². The number of phenolic OH excluding ortho intramolecular Hbond substituents is 1. The largest absolute Gasteiger partial charge is 0.506 e. The van der Waals surface area contributed by atoms with Crippen LogP contribution in [0.4, 0.5) is 15.8 Å². The third kappa shape index (κ3) is 5.96. The van der Waals surface area contributed by atoms with Gasteiger partial charge in [-0.15, -0.1) is 0 Å². The average Bonchev–Trinajstić information content (AvgIpc) is 3.55. The van der Waals surface area contributed by atoms with Gasteiger partial charge in [0, 0.05) is 56.6 Å². The molecule has 3 N–H and O–H groups in total. The molecule has 278 valence electrons. The maximum absolute atomic E-state index is 15.6. The number of nitrogens with zero attached hydrogens (tertiary/aromatic N) is 5. The Morgan fingerprint density at radius 2 is 1.62 bits per heavy atom. The molecule has 0 radical (unpaired) electrons. The summed E-state index contributed by atoms with van der Waals surface area (Å²) >= 11 is 0. The average molecular weight is 748 g/mol. The van der Waals surface area contributed by atoms with E-state index < -0.39 is 51.9 Å². The van der Waals surface area contributed by atoms with E-state index in [-0.39, 0.29) is 47.6 Å². The van der Waals surface area contributed by atoms with Gasteiger partial charge in [-0.3, -0.25) is 33.6 Å². The first-order valence-electron chi connectivity index (χ1n) is 17.7. The van der Waals surface area contributed by atoms with Crippen LogP contribution in [0.1, 0.15) is 56.0 Å². The van der Waals surface area contributed by atoms with Gasteiger partial charge >= 0.3 is 15.9 Å². The summed E-state index contributed by atoms with van der Waals surface area (Å²) in [5.74, 6) is -3.04. The number of phenols is 1. The molecule has 8 rings (SSSR count). The van der Waals surface area contributed by atoms with E-state index in [1.807, 2.05) is 23.1 Å². The third-order valence-corrected chi connectivity index (χ3v) is 12.6. The number of likely N-dealkylation sites (tertiary alicyclic amines) is 1. The molecule has 4 saturated heterocycles. The molecule has 4 aliphatic heterocycles. The van der Waals surface area contributed by atoms with Crippen molar-refractivity contribution in [2.75, 3.05) is 41.9 Å². The summed E-state index contributed by atoms with van der Waals surface area (Å²) in [4.78, 5) is 66.8. The number of carbonyl (C=O) groups is 4. The van der Waals surface area contributed by atoms with Crippen molar-refractivity contribution in [1.29, 1.82) is 0 Å². The maximum atomic E-state index is 15.6. The van der Waals surface area contributed by atoms with Crippen LogP contribution in [0.3, 0.4) is 0 Å². The number of imidazole rings is 1. The van der Waals surface area contributed by atoms with Crippen molar-refractivity contribution in [2.24, 2.45) is 13.0 Å². The minimum absolute atomic E-state index is 0.103. The molecular weight excluding hydrogens is 710 g/mol. The Balaban J connectivity index is 0.895. The van der Waals surface area contributed by atoms with Crippen LogP contribution >= 0.6 is 0 Å². The fraction of sp³-hybridized carbons (Fsp3) is 0.417. The van der Waals surface area contributed by atoms with E-state index in [9.17, 15) is 37.5 Å². The van der Waals surface area contributed by atoms with Crippen molar-refractivity contribution in [3.63, 3.8) is 0 Å². The number of benzene rings is 3. The molecule has 0 spiro atoms. The highest BCUT2D eigenvalue weighted by Gasteiger charge is 2.38. The molecule has 1 aromatic heterocycles. The van der Waals surface area contributed by atoms with Gasteiger partial charge < -0.3 is 14.9 Å². The summed E-state index contributed by atoms with van der Waals surface area (Å²) in [5, 5.41) is 13.5. The molecule has 3 aromatic carbocycles. The van der Waals surface area contributed by atoms with Crippen molar-refractivity contribution in [1.82, 2.24) is 24.1 Å². The number of anilines is 2. The van der Waals surface area contributed by atoms with Gasteiger partial charge in [-0.2, -0.15) is 8.42 Å². The minimum atomic E-state index is -4.31. The molecular formula is C36H38FN7O8S. The number of imide groups is 1. The quantitative estimate of drug-likeness (QED) is 0.258. The second-order valence-corrected chi connectivity index (χ2v) is 15.9. The van der Waals surface area contributed by atoms with E-state index in [2.05, 4.69) is 10.2 Å². The summed E-state index contributed by atoms with van der Waals surface area (Å²) in [6.07, 6.45) is 3.21. The van der Waals surface area contributed by atoms with E-state index in [1.165, 1.54) is 15.2 Å². The molecule has 4 aliphatic rings. The number of rotatable bonds is 5. The lowest BCUT2D eigenvalue weighted by molar-refractivity contribution is -0.137. The SMILES string of the molecule is Cn1c(=O)n(C2CCC(=O)NC2=O)c2ccc(N3CCC(C(=O)N4CCC(c5ccc6c(F)c(N7CC(=O)NS7(=O)=O)c(O)cc6c5)CC4)CC3)cc21. The predicted molar refractivity (Wildman–Crippen MR) is 192 cm³/mol. The topological polar surface area (TPSA) is 183 Å². The van der Waals surface area contributed by atoms with Crippen LogP contribution in [0.5, 0.6) is 5.75 Å². The number of piperidine rings is 3. The lowest BCUT2D eigenvalue weighted by Gasteiger charge is -2.38. The molecule has 0 saturated carbocycles. The van der Waals surface area contributed by atoms with Gasteiger partial charge in [0.2, 0.25) is 17.7 Å². The zero-order chi connectivity index (χ0) is 37.3. The fourth-order valence-corrected chi connectivity index (χ4v) is 9.51. The third-order valence-electron chi connectivity index (χ3n) is 11.2. The van der Waals surface area contributed by atoms with Crippen LogP contribution in [0, 0.1) is 11.7 Å². The normalized spacial score (nSPS) is 21.4. The predicted octanol–water partition coefficient (Wildman–Crippen LogP) is 2.12. The molecule has 5 heterocycles. The Hall–Kier alpha value is -5.45. The van der Waals surface area contributed by atoms with Crippen molar-refractivity contribution >= 4 is 67.0 Å². The highest BCUT2D eigenvalue weighted by Crippen LogP contribution is 2.40. The van der Waals surface area contributed by atoms with Gasteiger partial charge in [0.15, 0.2) is 5.82 Å². The first-order chi connectivity index (χ1) is 25.3. The number of hydrogen-bond acceptors (Lipinski definition) is 9.